The molecule has 1 aliphatic rings. The van der Waals surface area contributed by atoms with Gasteiger partial charge in [-0.3, -0.25) is 0 Å². The lowest BCUT2D eigenvalue weighted by atomic mass is 9.77. The summed E-state index contributed by atoms with van der Waals surface area (Å²) in [5.74, 6) is 0. The molecule has 3 N–H and O–H groups in total. The van der Waals surface area contributed by atoms with E-state index in [9.17, 15) is 4.79 Å². The number of carbonyl (C=O) groups excluding carboxylic acids is 1. The normalized spacial score (nSPS) is 18.9. The second-order valence-corrected chi connectivity index (χ2v) is 9.11. The van der Waals surface area contributed by atoms with Crippen LogP contribution in [0.2, 0.25) is 0 Å². The smallest absolute Gasteiger partial charge is 0.444 e. The van der Waals surface area contributed by atoms with Gasteiger partial charge in [0.25, 0.3) is 0 Å². The summed E-state index contributed by atoms with van der Waals surface area (Å²) >= 11 is 0. The van der Waals surface area contributed by atoms with Gasteiger partial charge in [-0.25, -0.2) is 4.79 Å². The standard InChI is InChI=1S/C21H33BN2O4/c1-19(2,3)26-18(25)24-14-16-10-8-9-15(11-16)12-17(13-23)22-27-20(4,5)21(6,7)28-22/h8-12H,13-14,23H2,1-7H3,(H,24,25). The van der Waals surface area contributed by atoms with Crippen LogP contribution < -0.4 is 11.1 Å². The summed E-state index contributed by atoms with van der Waals surface area (Å²) < 4.78 is 17.5. The minimum Gasteiger partial charge on any atom is -0.444 e. The zero-order valence-corrected chi connectivity index (χ0v) is 18.1. The summed E-state index contributed by atoms with van der Waals surface area (Å²) in [6, 6.07) is 7.87. The van der Waals surface area contributed by atoms with E-state index in [4.69, 9.17) is 19.8 Å². The third kappa shape index (κ3) is 5.83. The van der Waals surface area contributed by atoms with Crippen molar-refractivity contribution in [2.75, 3.05) is 6.54 Å². The first-order chi connectivity index (χ1) is 12.8. The summed E-state index contributed by atoms with van der Waals surface area (Å²) in [7, 11) is -0.474. The van der Waals surface area contributed by atoms with Gasteiger partial charge < -0.3 is 25.1 Å². The number of ether oxygens (including phenoxy) is 1. The molecule has 1 fully saturated rings. The molecule has 1 amide bonds. The number of nitrogens with two attached hydrogens (primary N) is 1. The molecule has 1 heterocycles. The lowest BCUT2D eigenvalue weighted by Gasteiger charge is -2.32. The Kier molecular flexibility index (Phi) is 6.64. The molecule has 0 aromatic heterocycles. The number of alkyl carbamates (subject to hydrolysis) is 1. The Hall–Kier alpha value is -1.83. The Bertz CT molecular complexity index is 722. The largest absolute Gasteiger partial charge is 0.491 e. The first-order valence-electron chi connectivity index (χ1n) is 9.65. The number of rotatable bonds is 5. The van der Waals surface area contributed by atoms with Gasteiger partial charge in [0.15, 0.2) is 0 Å². The van der Waals surface area contributed by atoms with Crippen molar-refractivity contribution < 1.29 is 18.8 Å². The maximum Gasteiger partial charge on any atom is 0.491 e. The monoisotopic (exact) mass is 388 g/mol. The Labute approximate surface area is 168 Å². The van der Waals surface area contributed by atoms with E-state index in [0.29, 0.717) is 13.1 Å². The van der Waals surface area contributed by atoms with Gasteiger partial charge in [0, 0.05) is 13.1 Å². The van der Waals surface area contributed by atoms with Crippen LogP contribution in [-0.4, -0.2) is 36.6 Å². The average molecular weight is 388 g/mol. The van der Waals surface area contributed by atoms with Crippen LogP contribution in [0.1, 0.15) is 59.6 Å². The Morgan fingerprint density at radius 3 is 2.36 bits per heavy atom. The van der Waals surface area contributed by atoms with E-state index in [1.54, 1.807) is 0 Å². The first kappa shape index (κ1) is 22.5. The van der Waals surface area contributed by atoms with Crippen molar-refractivity contribution in [3.05, 3.63) is 40.9 Å². The molecule has 0 spiro atoms. The molecular weight excluding hydrogens is 355 g/mol. The SMILES string of the molecule is CC(C)(C)OC(=O)NCc1cccc(C=C(CN)B2OC(C)(C)C(C)(C)O2)c1. The number of hydrogen-bond donors (Lipinski definition) is 2. The van der Waals surface area contributed by atoms with Crippen LogP contribution >= 0.6 is 0 Å². The summed E-state index contributed by atoms with van der Waals surface area (Å²) in [6.07, 6.45) is 1.55. The van der Waals surface area contributed by atoms with Gasteiger partial charge in [0.05, 0.1) is 11.2 Å². The van der Waals surface area contributed by atoms with Crippen molar-refractivity contribution in [1.29, 1.82) is 0 Å². The minimum absolute atomic E-state index is 0.331. The number of carbonyl (C=O) groups is 1. The minimum atomic E-state index is -0.520. The molecule has 0 saturated carbocycles. The molecule has 1 saturated heterocycles. The average Bonchev–Trinajstić information content (AvgIpc) is 2.77. The molecule has 1 aliphatic heterocycles. The molecule has 0 unspecified atom stereocenters. The van der Waals surface area contributed by atoms with Gasteiger partial charge in [-0.2, -0.15) is 0 Å². The summed E-state index contributed by atoms with van der Waals surface area (Å²) in [6.45, 7) is 14.3. The predicted octanol–water partition coefficient (Wildman–Crippen LogP) is 3.68. The molecule has 0 bridgehead atoms. The molecule has 0 radical (unpaired) electrons. The highest BCUT2D eigenvalue weighted by Gasteiger charge is 2.52. The molecule has 2 rings (SSSR count). The van der Waals surface area contributed by atoms with Crippen molar-refractivity contribution in [3.8, 4) is 0 Å². The highest BCUT2D eigenvalue weighted by Crippen LogP contribution is 2.38. The zero-order valence-electron chi connectivity index (χ0n) is 18.1. The molecule has 28 heavy (non-hydrogen) atoms. The summed E-state index contributed by atoms with van der Waals surface area (Å²) in [5.41, 5.74) is 7.43. The number of hydrogen-bond acceptors (Lipinski definition) is 5. The molecule has 1 aromatic carbocycles. The number of benzene rings is 1. The molecule has 7 heteroatoms. The van der Waals surface area contributed by atoms with Crippen LogP contribution in [0, 0.1) is 0 Å². The van der Waals surface area contributed by atoms with Crippen molar-refractivity contribution in [2.24, 2.45) is 5.73 Å². The maximum atomic E-state index is 11.8. The van der Waals surface area contributed by atoms with Crippen LogP contribution in [0.15, 0.2) is 29.7 Å². The van der Waals surface area contributed by atoms with Gasteiger partial charge in [-0.1, -0.05) is 30.3 Å². The summed E-state index contributed by atoms with van der Waals surface area (Å²) in [5, 5.41) is 2.77. The predicted molar refractivity (Wildman–Crippen MR) is 113 cm³/mol. The van der Waals surface area contributed by atoms with Crippen molar-refractivity contribution in [1.82, 2.24) is 5.32 Å². The van der Waals surface area contributed by atoms with E-state index in [1.165, 1.54) is 0 Å². The molecule has 6 nitrogen and oxygen atoms in total. The number of nitrogens with one attached hydrogen (secondary N) is 1. The van der Waals surface area contributed by atoms with E-state index in [1.807, 2.05) is 78.8 Å². The van der Waals surface area contributed by atoms with E-state index in [-0.39, 0.29) is 0 Å². The van der Waals surface area contributed by atoms with Crippen LogP contribution in [0.4, 0.5) is 4.79 Å². The fraction of sp³-hybridized carbons (Fsp3) is 0.571. The van der Waals surface area contributed by atoms with Crippen LogP contribution in [0.3, 0.4) is 0 Å². The lowest BCUT2D eigenvalue weighted by Crippen LogP contribution is -2.41. The Morgan fingerprint density at radius 2 is 1.82 bits per heavy atom. The summed E-state index contributed by atoms with van der Waals surface area (Å²) in [4.78, 5) is 11.8. The van der Waals surface area contributed by atoms with Crippen molar-refractivity contribution >= 4 is 19.3 Å². The molecule has 154 valence electrons. The maximum absolute atomic E-state index is 11.8. The second-order valence-electron chi connectivity index (χ2n) is 9.11. The van der Waals surface area contributed by atoms with Crippen molar-refractivity contribution in [2.45, 2.75) is 71.8 Å². The van der Waals surface area contributed by atoms with Crippen molar-refractivity contribution in [3.63, 3.8) is 0 Å². The van der Waals surface area contributed by atoms with Crippen LogP contribution in [0.5, 0.6) is 0 Å². The lowest BCUT2D eigenvalue weighted by molar-refractivity contribution is 0.00578. The molecule has 0 atom stereocenters. The van der Waals surface area contributed by atoms with Gasteiger partial charge in [-0.15, -0.1) is 0 Å². The molecule has 1 aromatic rings. The van der Waals surface area contributed by atoms with Crippen LogP contribution in [-0.2, 0) is 20.6 Å². The van der Waals surface area contributed by atoms with Gasteiger partial charge in [0.2, 0.25) is 0 Å². The Morgan fingerprint density at radius 1 is 1.21 bits per heavy atom. The second kappa shape index (κ2) is 8.27. The topological polar surface area (TPSA) is 82.8 Å². The highest BCUT2D eigenvalue weighted by molar-refractivity contribution is 6.55. The number of amides is 1. The fourth-order valence-corrected chi connectivity index (χ4v) is 2.71. The van der Waals surface area contributed by atoms with E-state index < -0.39 is 30.0 Å². The third-order valence-corrected chi connectivity index (χ3v) is 4.93. The first-order valence-corrected chi connectivity index (χ1v) is 9.65. The third-order valence-electron chi connectivity index (χ3n) is 4.93. The Balaban J connectivity index is 2.09. The van der Waals surface area contributed by atoms with E-state index >= 15 is 0 Å². The van der Waals surface area contributed by atoms with Gasteiger partial charge >= 0.3 is 13.2 Å². The van der Waals surface area contributed by atoms with Gasteiger partial charge in [0.1, 0.15) is 5.60 Å². The van der Waals surface area contributed by atoms with E-state index in [2.05, 4.69) is 5.32 Å². The fourth-order valence-electron chi connectivity index (χ4n) is 2.71. The molecular formula is C21H33BN2O4. The molecule has 0 aliphatic carbocycles. The zero-order chi connectivity index (χ0) is 21.2. The quantitative estimate of drug-likeness (QED) is 0.752. The highest BCUT2D eigenvalue weighted by atomic mass is 16.7. The van der Waals surface area contributed by atoms with E-state index in [0.717, 1.165) is 16.6 Å². The van der Waals surface area contributed by atoms with Gasteiger partial charge in [-0.05, 0) is 65.1 Å². The van der Waals surface area contributed by atoms with Crippen LogP contribution in [0.25, 0.3) is 6.08 Å².